The smallest absolute Gasteiger partial charge is 0.243 e. The maximum absolute atomic E-state index is 11.6. The van der Waals surface area contributed by atoms with Crippen LogP contribution in [0.3, 0.4) is 0 Å². The Kier molecular flexibility index (Phi) is 4.92. The van der Waals surface area contributed by atoms with Crippen molar-refractivity contribution in [3.05, 3.63) is 28.2 Å². The number of ether oxygens (including phenoxy) is 1. The zero-order valence-corrected chi connectivity index (χ0v) is 10.9. The summed E-state index contributed by atoms with van der Waals surface area (Å²) >= 11 is 3.40. The summed E-state index contributed by atoms with van der Waals surface area (Å²) in [6.45, 7) is 2.19. The highest BCUT2D eigenvalue weighted by Crippen LogP contribution is 2.20. The number of nitrogens with two attached hydrogens (primary N) is 1. The molecule has 0 aromatic heterocycles. The molecule has 0 fully saturated rings. The van der Waals surface area contributed by atoms with Gasteiger partial charge in [0, 0.05) is 17.3 Å². The average Bonchev–Trinajstić information content (AvgIpc) is 2.24. The van der Waals surface area contributed by atoms with E-state index in [9.17, 15) is 4.79 Å². The maximum atomic E-state index is 11.6. The number of aryl methyl sites for hydroxylation is 1. The van der Waals surface area contributed by atoms with Crippen molar-refractivity contribution in [1.29, 1.82) is 0 Å². The summed E-state index contributed by atoms with van der Waals surface area (Å²) < 4.78 is 5.76. The lowest BCUT2D eigenvalue weighted by molar-refractivity contribution is -0.118. The summed E-state index contributed by atoms with van der Waals surface area (Å²) in [7, 11) is 1.51. The maximum Gasteiger partial charge on any atom is 0.243 e. The van der Waals surface area contributed by atoms with Gasteiger partial charge >= 0.3 is 0 Å². The van der Waals surface area contributed by atoms with E-state index in [1.54, 1.807) is 0 Å². The molecule has 16 heavy (non-hydrogen) atoms. The molecule has 1 atom stereocenters. The van der Waals surface area contributed by atoms with Gasteiger partial charge in [-0.05, 0) is 24.6 Å². The Bertz CT molecular complexity index is 382. The van der Waals surface area contributed by atoms with Gasteiger partial charge in [-0.25, -0.2) is 0 Å². The van der Waals surface area contributed by atoms with Crippen molar-refractivity contribution >= 4 is 27.5 Å². The summed E-state index contributed by atoms with van der Waals surface area (Å²) in [4.78, 5) is 11.6. The number of anilines is 1. The fourth-order valence-corrected chi connectivity index (χ4v) is 1.54. The third kappa shape index (κ3) is 3.59. The molecule has 0 heterocycles. The largest absolute Gasteiger partial charge is 0.383 e. The Hall–Kier alpha value is -0.910. The van der Waals surface area contributed by atoms with E-state index in [0.717, 1.165) is 10.0 Å². The lowest BCUT2D eigenvalue weighted by Crippen LogP contribution is -2.39. The molecule has 1 aromatic rings. The predicted octanol–water partition coefficient (Wildman–Crippen LogP) is 1.67. The van der Waals surface area contributed by atoms with Crippen LogP contribution in [0, 0.1) is 6.92 Å². The zero-order valence-electron chi connectivity index (χ0n) is 9.29. The summed E-state index contributed by atoms with van der Waals surface area (Å²) in [5.74, 6) is -0.252. The van der Waals surface area contributed by atoms with Crippen LogP contribution in [0.5, 0.6) is 0 Å². The molecule has 0 saturated heterocycles. The lowest BCUT2D eigenvalue weighted by atomic mass is 10.2. The normalized spacial score (nSPS) is 12.2. The molecule has 88 valence electrons. The Morgan fingerprint density at radius 1 is 1.62 bits per heavy atom. The van der Waals surface area contributed by atoms with Crippen LogP contribution in [-0.2, 0) is 9.53 Å². The number of hydrogen-bond donors (Lipinski definition) is 2. The van der Waals surface area contributed by atoms with Crippen molar-refractivity contribution in [3.63, 3.8) is 0 Å². The molecule has 0 spiro atoms. The predicted molar refractivity (Wildman–Crippen MR) is 67.4 cm³/mol. The van der Waals surface area contributed by atoms with E-state index in [0.29, 0.717) is 5.69 Å². The van der Waals surface area contributed by atoms with Crippen LogP contribution in [0.1, 0.15) is 5.56 Å². The van der Waals surface area contributed by atoms with Crippen molar-refractivity contribution in [2.75, 3.05) is 19.0 Å². The first-order valence-corrected chi connectivity index (χ1v) is 5.65. The zero-order chi connectivity index (χ0) is 12.1. The molecule has 1 rings (SSSR count). The quantitative estimate of drug-likeness (QED) is 0.885. The van der Waals surface area contributed by atoms with E-state index in [2.05, 4.69) is 21.2 Å². The molecule has 1 amide bonds. The van der Waals surface area contributed by atoms with E-state index < -0.39 is 6.04 Å². The summed E-state index contributed by atoms with van der Waals surface area (Å²) in [5.41, 5.74) is 7.42. The number of carbonyl (C=O) groups excluding carboxylic acids is 1. The Morgan fingerprint density at radius 3 is 2.88 bits per heavy atom. The number of halogens is 1. The SMILES string of the molecule is COCC(N)C(=O)Nc1ccc(C)c(Br)c1. The topological polar surface area (TPSA) is 64.3 Å². The lowest BCUT2D eigenvalue weighted by Gasteiger charge is -2.11. The van der Waals surface area contributed by atoms with Crippen molar-refractivity contribution in [3.8, 4) is 0 Å². The number of hydrogen-bond acceptors (Lipinski definition) is 3. The minimum atomic E-state index is -0.648. The summed E-state index contributed by atoms with van der Waals surface area (Å²) in [6, 6.07) is 4.94. The van der Waals surface area contributed by atoms with E-state index >= 15 is 0 Å². The average molecular weight is 287 g/mol. The van der Waals surface area contributed by atoms with Gasteiger partial charge in [-0.15, -0.1) is 0 Å². The van der Waals surface area contributed by atoms with Crippen LogP contribution in [0.15, 0.2) is 22.7 Å². The van der Waals surface area contributed by atoms with Crippen molar-refractivity contribution in [2.24, 2.45) is 5.73 Å². The summed E-state index contributed by atoms with van der Waals surface area (Å²) in [6.07, 6.45) is 0. The molecule has 4 nitrogen and oxygen atoms in total. The molecular weight excluding hydrogens is 272 g/mol. The highest BCUT2D eigenvalue weighted by atomic mass is 79.9. The van der Waals surface area contributed by atoms with Gasteiger partial charge in [0.15, 0.2) is 0 Å². The van der Waals surface area contributed by atoms with Crippen LogP contribution in [-0.4, -0.2) is 25.7 Å². The molecule has 0 aliphatic rings. The van der Waals surface area contributed by atoms with Gasteiger partial charge in [0.2, 0.25) is 5.91 Å². The first-order valence-electron chi connectivity index (χ1n) is 4.86. The molecule has 3 N–H and O–H groups in total. The van der Waals surface area contributed by atoms with E-state index in [-0.39, 0.29) is 12.5 Å². The van der Waals surface area contributed by atoms with E-state index in [4.69, 9.17) is 10.5 Å². The minimum Gasteiger partial charge on any atom is -0.383 e. The molecular formula is C11H15BrN2O2. The Balaban J connectivity index is 2.66. The molecule has 0 aliphatic heterocycles. The van der Waals surface area contributed by atoms with Gasteiger partial charge in [0.25, 0.3) is 0 Å². The van der Waals surface area contributed by atoms with Crippen LogP contribution < -0.4 is 11.1 Å². The highest BCUT2D eigenvalue weighted by molar-refractivity contribution is 9.10. The molecule has 0 radical (unpaired) electrons. The van der Waals surface area contributed by atoms with Gasteiger partial charge in [-0.3, -0.25) is 4.79 Å². The standard InChI is InChI=1S/C11H15BrN2O2/c1-7-3-4-8(5-9(7)12)14-11(15)10(13)6-16-2/h3-5,10H,6,13H2,1-2H3,(H,14,15). The van der Waals surface area contributed by atoms with Crippen molar-refractivity contribution in [2.45, 2.75) is 13.0 Å². The van der Waals surface area contributed by atoms with Crippen LogP contribution in [0.2, 0.25) is 0 Å². The van der Waals surface area contributed by atoms with Gasteiger partial charge in [0.1, 0.15) is 6.04 Å². The Morgan fingerprint density at radius 2 is 2.31 bits per heavy atom. The van der Waals surface area contributed by atoms with Gasteiger partial charge < -0.3 is 15.8 Å². The molecule has 1 unspecified atom stereocenters. The third-order valence-electron chi connectivity index (χ3n) is 2.12. The van der Waals surface area contributed by atoms with Crippen LogP contribution in [0.25, 0.3) is 0 Å². The third-order valence-corrected chi connectivity index (χ3v) is 2.98. The number of methoxy groups -OCH3 is 1. The van der Waals surface area contributed by atoms with E-state index in [1.165, 1.54) is 7.11 Å². The van der Waals surface area contributed by atoms with Crippen LogP contribution >= 0.6 is 15.9 Å². The fraction of sp³-hybridized carbons (Fsp3) is 0.364. The van der Waals surface area contributed by atoms with Gasteiger partial charge in [-0.1, -0.05) is 22.0 Å². The monoisotopic (exact) mass is 286 g/mol. The van der Waals surface area contributed by atoms with Crippen molar-refractivity contribution in [1.82, 2.24) is 0 Å². The van der Waals surface area contributed by atoms with Gasteiger partial charge in [-0.2, -0.15) is 0 Å². The minimum absolute atomic E-state index is 0.207. The van der Waals surface area contributed by atoms with E-state index in [1.807, 2.05) is 25.1 Å². The van der Waals surface area contributed by atoms with Crippen LogP contribution in [0.4, 0.5) is 5.69 Å². The number of rotatable bonds is 4. The number of benzene rings is 1. The number of nitrogens with one attached hydrogen (secondary N) is 1. The van der Waals surface area contributed by atoms with Crippen molar-refractivity contribution < 1.29 is 9.53 Å². The second kappa shape index (κ2) is 5.98. The molecule has 5 heteroatoms. The number of amides is 1. The highest BCUT2D eigenvalue weighted by Gasteiger charge is 2.13. The fourth-order valence-electron chi connectivity index (χ4n) is 1.16. The molecule has 1 aromatic carbocycles. The first kappa shape index (κ1) is 13.2. The Labute approximate surface area is 103 Å². The molecule has 0 bridgehead atoms. The first-order chi connectivity index (χ1) is 7.54. The van der Waals surface area contributed by atoms with Gasteiger partial charge in [0.05, 0.1) is 6.61 Å². The summed E-state index contributed by atoms with van der Waals surface area (Å²) in [5, 5.41) is 2.72. The molecule has 0 aliphatic carbocycles. The molecule has 0 saturated carbocycles. The second-order valence-corrected chi connectivity index (χ2v) is 4.37. The number of carbonyl (C=O) groups is 1. The second-order valence-electron chi connectivity index (χ2n) is 3.52.